The fourth-order valence-electron chi connectivity index (χ4n) is 1.15. The minimum absolute atomic E-state index is 0.0940. The van der Waals surface area contributed by atoms with Crippen LogP contribution < -0.4 is 5.73 Å². The number of halogens is 1. The van der Waals surface area contributed by atoms with Gasteiger partial charge < -0.3 is 5.73 Å². The van der Waals surface area contributed by atoms with E-state index in [1.807, 2.05) is 6.07 Å². The number of nitrogens with zero attached hydrogens (tertiary/aromatic N) is 1. The Labute approximate surface area is 76.8 Å². The average molecular weight is 178 g/mol. The summed E-state index contributed by atoms with van der Waals surface area (Å²) >= 11 is 0. The van der Waals surface area contributed by atoms with Gasteiger partial charge in [-0.2, -0.15) is 5.26 Å². The highest BCUT2D eigenvalue weighted by atomic mass is 19.1. The zero-order valence-electron chi connectivity index (χ0n) is 7.42. The van der Waals surface area contributed by atoms with Gasteiger partial charge in [0.05, 0.1) is 11.6 Å². The number of nitriles is 1. The molecule has 2 N–H and O–H groups in total. The molecule has 0 heterocycles. The van der Waals surface area contributed by atoms with Crippen molar-refractivity contribution in [2.24, 2.45) is 5.73 Å². The van der Waals surface area contributed by atoms with Gasteiger partial charge in [0.25, 0.3) is 0 Å². The van der Waals surface area contributed by atoms with E-state index in [2.05, 4.69) is 0 Å². The van der Waals surface area contributed by atoms with Crippen molar-refractivity contribution >= 4 is 0 Å². The predicted molar refractivity (Wildman–Crippen MR) is 48.5 cm³/mol. The van der Waals surface area contributed by atoms with E-state index in [-0.39, 0.29) is 11.9 Å². The van der Waals surface area contributed by atoms with Crippen molar-refractivity contribution < 1.29 is 4.39 Å². The minimum atomic E-state index is -0.295. The molecule has 0 aromatic heterocycles. The first-order chi connectivity index (χ1) is 6.13. The molecule has 0 aliphatic carbocycles. The molecule has 0 spiro atoms. The molecule has 68 valence electrons. The molecule has 0 amide bonds. The molecule has 0 saturated heterocycles. The Morgan fingerprint density at radius 1 is 1.62 bits per heavy atom. The SMILES string of the molecule is C[C@H](N)Cc1cc(C#N)ccc1F. The van der Waals surface area contributed by atoms with Crippen molar-refractivity contribution in [2.45, 2.75) is 19.4 Å². The van der Waals surface area contributed by atoms with Crippen molar-refractivity contribution in [1.82, 2.24) is 0 Å². The summed E-state index contributed by atoms with van der Waals surface area (Å²) in [7, 11) is 0. The lowest BCUT2D eigenvalue weighted by molar-refractivity contribution is 0.596. The zero-order valence-corrected chi connectivity index (χ0v) is 7.42. The molecule has 0 saturated carbocycles. The molecule has 0 unspecified atom stereocenters. The third-order valence-electron chi connectivity index (χ3n) is 1.72. The number of hydrogen-bond donors (Lipinski definition) is 1. The molecular weight excluding hydrogens is 167 g/mol. The molecule has 1 atom stereocenters. The maximum atomic E-state index is 13.1. The van der Waals surface area contributed by atoms with Crippen molar-refractivity contribution in [2.75, 3.05) is 0 Å². The number of benzene rings is 1. The van der Waals surface area contributed by atoms with E-state index < -0.39 is 0 Å². The summed E-state index contributed by atoms with van der Waals surface area (Å²) < 4.78 is 13.1. The normalized spacial score (nSPS) is 12.2. The molecule has 0 aliphatic heterocycles. The highest BCUT2D eigenvalue weighted by Gasteiger charge is 2.05. The summed E-state index contributed by atoms with van der Waals surface area (Å²) in [6.45, 7) is 1.80. The van der Waals surface area contributed by atoms with Crippen LogP contribution >= 0.6 is 0 Å². The van der Waals surface area contributed by atoms with Crippen LogP contribution in [0.4, 0.5) is 4.39 Å². The van der Waals surface area contributed by atoms with Crippen LogP contribution in [0.5, 0.6) is 0 Å². The first kappa shape index (κ1) is 9.69. The van der Waals surface area contributed by atoms with Crippen LogP contribution in [0.1, 0.15) is 18.1 Å². The van der Waals surface area contributed by atoms with Gasteiger partial charge >= 0.3 is 0 Å². The van der Waals surface area contributed by atoms with Crippen LogP contribution in [-0.4, -0.2) is 6.04 Å². The molecule has 0 aliphatic rings. The van der Waals surface area contributed by atoms with Crippen molar-refractivity contribution in [1.29, 1.82) is 5.26 Å². The summed E-state index contributed by atoms with van der Waals surface area (Å²) in [6.07, 6.45) is 0.460. The third-order valence-corrected chi connectivity index (χ3v) is 1.72. The number of hydrogen-bond acceptors (Lipinski definition) is 2. The molecule has 2 nitrogen and oxygen atoms in total. The Kier molecular flexibility index (Phi) is 2.99. The molecule has 0 bridgehead atoms. The molecular formula is C10H11FN2. The monoisotopic (exact) mass is 178 g/mol. The fraction of sp³-hybridized carbons (Fsp3) is 0.300. The van der Waals surface area contributed by atoms with Gasteiger partial charge in [0.1, 0.15) is 5.82 Å². The summed E-state index contributed by atoms with van der Waals surface area (Å²) in [6, 6.07) is 6.17. The fourth-order valence-corrected chi connectivity index (χ4v) is 1.15. The Hall–Kier alpha value is -1.40. The van der Waals surface area contributed by atoms with Gasteiger partial charge in [-0.1, -0.05) is 0 Å². The number of rotatable bonds is 2. The molecule has 1 rings (SSSR count). The van der Waals surface area contributed by atoms with Gasteiger partial charge in [0.2, 0.25) is 0 Å². The average Bonchev–Trinajstić information content (AvgIpc) is 2.08. The summed E-state index contributed by atoms with van der Waals surface area (Å²) in [5.41, 5.74) is 6.51. The van der Waals surface area contributed by atoms with Crippen molar-refractivity contribution in [3.8, 4) is 6.07 Å². The summed E-state index contributed by atoms with van der Waals surface area (Å²) in [4.78, 5) is 0. The molecule has 1 aromatic rings. The second-order valence-corrected chi connectivity index (χ2v) is 3.10. The maximum absolute atomic E-state index is 13.1. The van der Waals surface area contributed by atoms with E-state index in [1.54, 1.807) is 13.0 Å². The first-order valence-corrected chi connectivity index (χ1v) is 4.07. The Bertz CT molecular complexity index is 339. The van der Waals surface area contributed by atoms with E-state index in [1.165, 1.54) is 12.1 Å². The molecule has 1 aromatic carbocycles. The van der Waals surface area contributed by atoms with E-state index in [0.29, 0.717) is 17.5 Å². The lowest BCUT2D eigenvalue weighted by Crippen LogP contribution is -2.18. The largest absolute Gasteiger partial charge is 0.328 e. The van der Waals surface area contributed by atoms with Crippen LogP contribution in [-0.2, 0) is 6.42 Å². The van der Waals surface area contributed by atoms with E-state index in [9.17, 15) is 4.39 Å². The summed E-state index contributed by atoms with van der Waals surface area (Å²) in [5, 5.41) is 8.58. The molecule has 0 radical (unpaired) electrons. The molecule has 0 fully saturated rings. The third kappa shape index (κ3) is 2.53. The second-order valence-electron chi connectivity index (χ2n) is 3.10. The van der Waals surface area contributed by atoms with Gasteiger partial charge in [-0.25, -0.2) is 4.39 Å². The lowest BCUT2D eigenvalue weighted by Gasteiger charge is -2.06. The number of nitrogens with two attached hydrogens (primary N) is 1. The maximum Gasteiger partial charge on any atom is 0.126 e. The van der Waals surface area contributed by atoms with Crippen LogP contribution in [0.25, 0.3) is 0 Å². The Morgan fingerprint density at radius 2 is 2.31 bits per heavy atom. The zero-order chi connectivity index (χ0) is 9.84. The van der Waals surface area contributed by atoms with Crippen LogP contribution in [0.15, 0.2) is 18.2 Å². The van der Waals surface area contributed by atoms with Crippen LogP contribution in [0, 0.1) is 17.1 Å². The van der Waals surface area contributed by atoms with E-state index in [4.69, 9.17) is 11.0 Å². The van der Waals surface area contributed by atoms with Gasteiger partial charge in [-0.05, 0) is 37.1 Å². The van der Waals surface area contributed by atoms with Crippen LogP contribution in [0.3, 0.4) is 0 Å². The highest BCUT2D eigenvalue weighted by molar-refractivity contribution is 5.34. The van der Waals surface area contributed by atoms with Gasteiger partial charge in [-0.3, -0.25) is 0 Å². The summed E-state index contributed by atoms with van der Waals surface area (Å²) in [5.74, 6) is -0.295. The molecule has 13 heavy (non-hydrogen) atoms. The lowest BCUT2D eigenvalue weighted by atomic mass is 10.0. The van der Waals surface area contributed by atoms with Gasteiger partial charge in [-0.15, -0.1) is 0 Å². The second kappa shape index (κ2) is 4.01. The quantitative estimate of drug-likeness (QED) is 0.747. The Balaban J connectivity index is 2.99. The van der Waals surface area contributed by atoms with Gasteiger partial charge in [0, 0.05) is 6.04 Å². The molecule has 3 heteroatoms. The Morgan fingerprint density at radius 3 is 2.85 bits per heavy atom. The minimum Gasteiger partial charge on any atom is -0.328 e. The van der Waals surface area contributed by atoms with E-state index in [0.717, 1.165) is 0 Å². The van der Waals surface area contributed by atoms with Crippen LogP contribution in [0.2, 0.25) is 0 Å². The van der Waals surface area contributed by atoms with Crippen molar-refractivity contribution in [3.05, 3.63) is 35.1 Å². The smallest absolute Gasteiger partial charge is 0.126 e. The van der Waals surface area contributed by atoms with Crippen molar-refractivity contribution in [3.63, 3.8) is 0 Å². The highest BCUT2D eigenvalue weighted by Crippen LogP contribution is 2.11. The first-order valence-electron chi connectivity index (χ1n) is 4.07. The topological polar surface area (TPSA) is 49.8 Å². The predicted octanol–water partition coefficient (Wildman–Crippen LogP) is 1.59. The van der Waals surface area contributed by atoms with Gasteiger partial charge in [0.15, 0.2) is 0 Å². The standard InChI is InChI=1S/C10H11FN2/c1-7(13)4-9-5-8(6-12)2-3-10(9)11/h2-3,5,7H,4,13H2,1H3/t7-/m0/s1. The van der Waals surface area contributed by atoms with E-state index >= 15 is 0 Å².